The number of anilines is 1. The molecule has 1 amide bonds. The average molecular weight is 263 g/mol. The summed E-state index contributed by atoms with van der Waals surface area (Å²) < 4.78 is 5.72. The van der Waals surface area contributed by atoms with Gasteiger partial charge in [-0.15, -0.1) is 0 Å². The summed E-state index contributed by atoms with van der Waals surface area (Å²) in [7, 11) is 0. The molecule has 1 aromatic rings. The second-order valence-corrected chi connectivity index (χ2v) is 5.75. The molecule has 1 N–H and O–H groups in total. The second-order valence-electron chi connectivity index (χ2n) is 5.75. The second kappa shape index (κ2) is 4.96. The lowest BCUT2D eigenvalue weighted by Crippen LogP contribution is -2.43. The van der Waals surface area contributed by atoms with Gasteiger partial charge in [0.05, 0.1) is 29.8 Å². The van der Waals surface area contributed by atoms with Crippen LogP contribution in [0.5, 0.6) is 0 Å². The molecule has 1 fully saturated rings. The minimum Gasteiger partial charge on any atom is -0.376 e. The number of hydrogen-bond donors (Lipinski definition) is 1. The number of aryl methyl sites for hydroxylation is 1. The lowest BCUT2D eigenvalue weighted by Gasteiger charge is -2.35. The third-order valence-corrected chi connectivity index (χ3v) is 4.11. The van der Waals surface area contributed by atoms with Gasteiger partial charge in [-0.25, -0.2) is 0 Å². The fraction of sp³-hybridized carbons (Fsp3) is 0.714. The first kappa shape index (κ1) is 12.7. The van der Waals surface area contributed by atoms with Gasteiger partial charge in [-0.3, -0.25) is 9.89 Å². The molecule has 3 rings (SSSR count). The van der Waals surface area contributed by atoms with Crippen LogP contribution in [0.25, 0.3) is 0 Å². The zero-order valence-corrected chi connectivity index (χ0v) is 11.6. The van der Waals surface area contributed by atoms with Gasteiger partial charge in [0.15, 0.2) is 0 Å². The molecule has 19 heavy (non-hydrogen) atoms. The van der Waals surface area contributed by atoms with Crippen molar-refractivity contribution in [2.45, 2.75) is 51.7 Å². The van der Waals surface area contributed by atoms with Gasteiger partial charge in [0, 0.05) is 12.5 Å². The first-order valence-electron chi connectivity index (χ1n) is 7.14. The number of carbonyl (C=O) groups is 1. The van der Waals surface area contributed by atoms with Crippen LogP contribution in [0, 0.1) is 5.92 Å². The van der Waals surface area contributed by atoms with Gasteiger partial charge in [0.2, 0.25) is 5.91 Å². The van der Waals surface area contributed by atoms with Crippen LogP contribution in [0.4, 0.5) is 5.69 Å². The van der Waals surface area contributed by atoms with E-state index in [1.165, 1.54) is 0 Å². The smallest absolute Gasteiger partial charge is 0.230 e. The van der Waals surface area contributed by atoms with Gasteiger partial charge in [0.25, 0.3) is 0 Å². The molecule has 3 atom stereocenters. The summed E-state index contributed by atoms with van der Waals surface area (Å²) in [5, 5.41) is 7.06. The predicted molar refractivity (Wildman–Crippen MR) is 72.0 cm³/mol. The molecule has 0 aromatic carbocycles. The highest BCUT2D eigenvalue weighted by Gasteiger charge is 2.34. The van der Waals surface area contributed by atoms with E-state index < -0.39 is 0 Å². The summed E-state index contributed by atoms with van der Waals surface area (Å²) in [5.41, 5.74) is 2.07. The number of fused-ring (bicyclic) bond motifs is 1. The minimum absolute atomic E-state index is 0.0830. The number of carbonyl (C=O) groups excluding carboxylic acids is 1. The maximum absolute atomic E-state index is 12.7. The fourth-order valence-electron chi connectivity index (χ4n) is 3.31. The number of aromatic nitrogens is 2. The number of amides is 1. The lowest BCUT2D eigenvalue weighted by atomic mass is 9.90. The van der Waals surface area contributed by atoms with Crippen LogP contribution in [0.3, 0.4) is 0 Å². The van der Waals surface area contributed by atoms with E-state index in [-0.39, 0.29) is 24.0 Å². The number of ether oxygens (including phenoxy) is 1. The first-order chi connectivity index (χ1) is 9.15. The molecule has 2 aliphatic heterocycles. The van der Waals surface area contributed by atoms with Crippen molar-refractivity contribution in [1.29, 1.82) is 0 Å². The zero-order valence-electron chi connectivity index (χ0n) is 11.6. The summed E-state index contributed by atoms with van der Waals surface area (Å²) in [6, 6.07) is 0. The van der Waals surface area contributed by atoms with Crippen molar-refractivity contribution in [2.24, 2.45) is 5.92 Å². The van der Waals surface area contributed by atoms with Crippen LogP contribution < -0.4 is 4.90 Å². The highest BCUT2D eigenvalue weighted by atomic mass is 16.5. The third-order valence-electron chi connectivity index (χ3n) is 4.11. The summed E-state index contributed by atoms with van der Waals surface area (Å²) >= 11 is 0. The van der Waals surface area contributed by atoms with Gasteiger partial charge in [-0.05, 0) is 39.5 Å². The van der Waals surface area contributed by atoms with Crippen LogP contribution in [-0.2, 0) is 16.0 Å². The van der Waals surface area contributed by atoms with Crippen molar-refractivity contribution in [3.8, 4) is 0 Å². The fourth-order valence-corrected chi connectivity index (χ4v) is 3.31. The summed E-state index contributed by atoms with van der Waals surface area (Å²) in [6.45, 7) is 4.91. The van der Waals surface area contributed by atoms with Crippen molar-refractivity contribution in [3.05, 3.63) is 11.9 Å². The highest BCUT2D eigenvalue weighted by Crippen LogP contribution is 2.31. The molecular weight excluding hydrogens is 242 g/mol. The Labute approximate surface area is 113 Å². The van der Waals surface area contributed by atoms with E-state index in [1.807, 2.05) is 4.90 Å². The van der Waals surface area contributed by atoms with E-state index >= 15 is 0 Å². The Balaban J connectivity index is 1.78. The van der Waals surface area contributed by atoms with Crippen molar-refractivity contribution >= 4 is 11.6 Å². The quantitative estimate of drug-likeness (QED) is 0.841. The molecule has 0 spiro atoms. The Morgan fingerprint density at radius 3 is 2.89 bits per heavy atom. The van der Waals surface area contributed by atoms with Gasteiger partial charge < -0.3 is 9.64 Å². The lowest BCUT2D eigenvalue weighted by molar-refractivity contribution is -0.130. The number of H-pyrrole nitrogens is 1. The molecule has 5 nitrogen and oxygen atoms in total. The molecular formula is C14H21N3O2. The molecule has 0 saturated carbocycles. The molecule has 104 valence electrons. The number of hydrogen-bond acceptors (Lipinski definition) is 3. The maximum Gasteiger partial charge on any atom is 0.230 e. The van der Waals surface area contributed by atoms with Crippen molar-refractivity contribution in [3.63, 3.8) is 0 Å². The first-order valence-corrected chi connectivity index (χ1v) is 7.14. The predicted octanol–water partition coefficient (Wildman–Crippen LogP) is 1.89. The molecule has 1 aromatic heterocycles. The Kier molecular flexibility index (Phi) is 3.31. The standard InChI is InChI=1S/C14H21N3O2/c1-9-6-11(7-10(2)19-9)14(18)17-5-3-4-12-13(17)8-15-16-12/h8-11H,3-7H2,1-2H3,(H,15,16)/t9-,10+,11?. The molecule has 5 heteroatoms. The maximum atomic E-state index is 12.7. The summed E-state index contributed by atoms with van der Waals surface area (Å²) in [4.78, 5) is 14.6. The molecule has 1 saturated heterocycles. The monoisotopic (exact) mass is 263 g/mol. The SMILES string of the molecule is C[C@@H]1CC(C(=O)N2CCCc3[nH]ncc32)C[C@H](C)O1. The Morgan fingerprint density at radius 1 is 1.42 bits per heavy atom. The topological polar surface area (TPSA) is 58.2 Å². The number of nitrogens with zero attached hydrogens (tertiary/aromatic N) is 2. The largest absolute Gasteiger partial charge is 0.376 e. The molecule has 3 heterocycles. The van der Waals surface area contributed by atoms with E-state index in [0.717, 1.165) is 43.6 Å². The zero-order chi connectivity index (χ0) is 13.4. The Bertz CT molecular complexity index is 461. The molecule has 1 unspecified atom stereocenters. The van der Waals surface area contributed by atoms with Crippen molar-refractivity contribution in [1.82, 2.24) is 10.2 Å². The van der Waals surface area contributed by atoms with Crippen LogP contribution in [0.15, 0.2) is 6.20 Å². The van der Waals surface area contributed by atoms with Crippen LogP contribution >= 0.6 is 0 Å². The molecule has 0 bridgehead atoms. The number of rotatable bonds is 1. The van der Waals surface area contributed by atoms with E-state index in [2.05, 4.69) is 24.0 Å². The summed E-state index contributed by atoms with van der Waals surface area (Å²) in [6.07, 6.45) is 5.77. The normalized spacial score (nSPS) is 31.1. The van der Waals surface area contributed by atoms with Crippen LogP contribution in [0.2, 0.25) is 0 Å². The van der Waals surface area contributed by atoms with Gasteiger partial charge in [0.1, 0.15) is 0 Å². The summed E-state index contributed by atoms with van der Waals surface area (Å²) in [5.74, 6) is 0.323. The van der Waals surface area contributed by atoms with Crippen molar-refractivity contribution < 1.29 is 9.53 Å². The molecule has 0 aliphatic carbocycles. The van der Waals surface area contributed by atoms with Crippen LogP contribution in [0.1, 0.15) is 38.8 Å². The highest BCUT2D eigenvalue weighted by molar-refractivity contribution is 5.95. The minimum atomic E-state index is 0.0830. The van der Waals surface area contributed by atoms with Crippen molar-refractivity contribution in [2.75, 3.05) is 11.4 Å². The van der Waals surface area contributed by atoms with Gasteiger partial charge >= 0.3 is 0 Å². The van der Waals surface area contributed by atoms with Gasteiger partial charge in [-0.2, -0.15) is 5.10 Å². The molecule has 2 aliphatic rings. The van der Waals surface area contributed by atoms with Crippen LogP contribution in [-0.4, -0.2) is 34.9 Å². The van der Waals surface area contributed by atoms with Gasteiger partial charge in [-0.1, -0.05) is 0 Å². The Hall–Kier alpha value is -1.36. The molecule has 0 radical (unpaired) electrons. The van der Waals surface area contributed by atoms with E-state index in [4.69, 9.17) is 4.74 Å². The number of nitrogens with one attached hydrogen (secondary N) is 1. The van der Waals surface area contributed by atoms with E-state index in [9.17, 15) is 4.79 Å². The van der Waals surface area contributed by atoms with E-state index in [0.29, 0.717) is 0 Å². The Morgan fingerprint density at radius 2 is 2.16 bits per heavy atom. The third kappa shape index (κ3) is 2.39. The average Bonchev–Trinajstić information content (AvgIpc) is 2.84. The van der Waals surface area contributed by atoms with E-state index in [1.54, 1.807) is 6.20 Å². The number of aromatic amines is 1.